The molecule has 0 bridgehead atoms. The lowest BCUT2D eigenvalue weighted by Gasteiger charge is -2.45. The molecular formula is C11H18O5. The number of aliphatic carboxylic acids is 1. The largest absolute Gasteiger partial charge is 0.481 e. The quantitative estimate of drug-likeness (QED) is 0.695. The Labute approximate surface area is 94.4 Å². The van der Waals surface area contributed by atoms with E-state index in [0.29, 0.717) is 6.42 Å². The molecule has 1 aliphatic carbocycles. The summed E-state index contributed by atoms with van der Waals surface area (Å²) < 4.78 is 11.2. The minimum atomic E-state index is -0.965. The Morgan fingerprint density at radius 1 is 1.38 bits per heavy atom. The van der Waals surface area contributed by atoms with Crippen molar-refractivity contribution in [1.82, 2.24) is 0 Å². The number of hydrogen-bond donors (Lipinski definition) is 2. The summed E-state index contributed by atoms with van der Waals surface area (Å²) in [7, 11) is 0. The van der Waals surface area contributed by atoms with Crippen molar-refractivity contribution >= 4 is 5.97 Å². The lowest BCUT2D eigenvalue weighted by atomic mass is 9.87. The minimum Gasteiger partial charge on any atom is -0.481 e. The van der Waals surface area contributed by atoms with Crippen molar-refractivity contribution in [3.05, 3.63) is 0 Å². The summed E-state index contributed by atoms with van der Waals surface area (Å²) >= 11 is 0. The fourth-order valence-electron chi connectivity index (χ4n) is 2.22. The van der Waals surface area contributed by atoms with Gasteiger partial charge in [-0.2, -0.15) is 0 Å². The third-order valence-electron chi connectivity index (χ3n) is 3.47. The van der Waals surface area contributed by atoms with Crippen molar-refractivity contribution in [2.75, 3.05) is 13.2 Å². The summed E-state index contributed by atoms with van der Waals surface area (Å²) in [4.78, 5) is 11.0. The van der Waals surface area contributed by atoms with Crippen LogP contribution in [0.3, 0.4) is 0 Å². The number of rotatable bonds is 1. The van der Waals surface area contributed by atoms with Gasteiger partial charge >= 0.3 is 5.97 Å². The highest BCUT2D eigenvalue weighted by molar-refractivity contribution is 5.74. The van der Waals surface area contributed by atoms with Crippen molar-refractivity contribution in [3.8, 4) is 0 Å². The summed E-state index contributed by atoms with van der Waals surface area (Å²) in [6.45, 7) is 1.91. The van der Waals surface area contributed by atoms with Gasteiger partial charge in [-0.3, -0.25) is 4.79 Å². The van der Waals surface area contributed by atoms with Crippen LogP contribution in [0.15, 0.2) is 0 Å². The van der Waals surface area contributed by atoms with Crippen molar-refractivity contribution in [3.63, 3.8) is 0 Å². The molecular weight excluding hydrogens is 212 g/mol. The first-order valence-corrected chi connectivity index (χ1v) is 5.65. The number of aliphatic hydroxyl groups excluding tert-OH is 1. The van der Waals surface area contributed by atoms with Crippen LogP contribution in [0.1, 0.15) is 32.6 Å². The van der Waals surface area contributed by atoms with E-state index in [-0.39, 0.29) is 13.2 Å². The predicted octanol–water partition coefficient (Wildman–Crippen LogP) is 0.755. The summed E-state index contributed by atoms with van der Waals surface area (Å²) in [6.07, 6.45) is 2.40. The zero-order valence-corrected chi connectivity index (χ0v) is 9.44. The van der Waals surface area contributed by atoms with E-state index in [9.17, 15) is 9.90 Å². The van der Waals surface area contributed by atoms with Crippen molar-refractivity contribution in [2.45, 2.75) is 44.5 Å². The van der Waals surface area contributed by atoms with Crippen LogP contribution in [-0.2, 0) is 14.3 Å². The fourth-order valence-corrected chi connectivity index (χ4v) is 2.22. The van der Waals surface area contributed by atoms with Gasteiger partial charge in [-0.1, -0.05) is 0 Å². The molecule has 1 atom stereocenters. The van der Waals surface area contributed by atoms with E-state index in [1.807, 2.05) is 0 Å². The van der Waals surface area contributed by atoms with Crippen LogP contribution in [0.2, 0.25) is 0 Å². The lowest BCUT2D eigenvalue weighted by molar-refractivity contribution is -0.317. The molecule has 1 heterocycles. The van der Waals surface area contributed by atoms with Crippen LogP contribution in [0.5, 0.6) is 0 Å². The Morgan fingerprint density at radius 2 is 2.00 bits per heavy atom. The third-order valence-corrected chi connectivity index (χ3v) is 3.47. The first kappa shape index (κ1) is 11.8. The molecule has 1 unspecified atom stereocenters. The minimum absolute atomic E-state index is 0.148. The fraction of sp³-hybridized carbons (Fsp3) is 0.909. The Bertz CT molecular complexity index is 280. The predicted molar refractivity (Wildman–Crippen MR) is 54.9 cm³/mol. The zero-order valence-electron chi connectivity index (χ0n) is 9.44. The van der Waals surface area contributed by atoms with Gasteiger partial charge in [0.1, 0.15) is 5.41 Å². The molecule has 1 saturated carbocycles. The van der Waals surface area contributed by atoms with Crippen LogP contribution >= 0.6 is 0 Å². The average Bonchev–Trinajstić information content (AvgIpc) is 2.23. The highest BCUT2D eigenvalue weighted by Crippen LogP contribution is 2.39. The summed E-state index contributed by atoms with van der Waals surface area (Å²) in [5.74, 6) is -1.65. The van der Waals surface area contributed by atoms with E-state index >= 15 is 0 Å². The molecule has 0 amide bonds. The van der Waals surface area contributed by atoms with Crippen LogP contribution in [0, 0.1) is 5.41 Å². The summed E-state index contributed by atoms with van der Waals surface area (Å²) in [5, 5.41) is 18.6. The average molecular weight is 230 g/mol. The molecule has 92 valence electrons. The molecule has 0 aromatic rings. The number of aliphatic hydroxyl groups is 1. The smallest absolute Gasteiger partial charge is 0.314 e. The van der Waals surface area contributed by atoms with Crippen LogP contribution in [0.25, 0.3) is 0 Å². The van der Waals surface area contributed by atoms with Gasteiger partial charge in [-0.15, -0.1) is 0 Å². The summed E-state index contributed by atoms with van der Waals surface area (Å²) in [6, 6.07) is 0. The van der Waals surface area contributed by atoms with Gasteiger partial charge in [0.15, 0.2) is 5.79 Å². The molecule has 2 rings (SSSR count). The van der Waals surface area contributed by atoms with E-state index in [2.05, 4.69) is 0 Å². The van der Waals surface area contributed by atoms with E-state index < -0.39 is 23.3 Å². The molecule has 0 radical (unpaired) electrons. The first-order valence-electron chi connectivity index (χ1n) is 5.65. The van der Waals surface area contributed by atoms with Gasteiger partial charge < -0.3 is 19.7 Å². The Kier molecular flexibility index (Phi) is 2.94. The molecule has 2 N–H and O–H groups in total. The second-order valence-corrected chi connectivity index (χ2v) is 5.10. The third kappa shape index (κ3) is 2.07. The van der Waals surface area contributed by atoms with Gasteiger partial charge in [0, 0.05) is 12.8 Å². The molecule has 16 heavy (non-hydrogen) atoms. The van der Waals surface area contributed by atoms with Crippen LogP contribution in [0.4, 0.5) is 0 Å². The monoisotopic (exact) mass is 230 g/mol. The lowest BCUT2D eigenvalue weighted by Crippen LogP contribution is -2.54. The normalized spacial score (nSPS) is 44.5. The Morgan fingerprint density at radius 3 is 2.50 bits per heavy atom. The maximum absolute atomic E-state index is 11.0. The highest BCUT2D eigenvalue weighted by Gasteiger charge is 2.48. The standard InChI is InChI=1S/C11H18O5/c1-10(9(13)14)6-15-11(16-7-10)4-2-3-8(12)5-11/h8,12H,2-7H2,1H3,(H,13,14). The molecule has 1 saturated heterocycles. The summed E-state index contributed by atoms with van der Waals surface area (Å²) in [5.41, 5.74) is -0.965. The molecule has 1 aliphatic heterocycles. The Balaban J connectivity index is 2.01. The topological polar surface area (TPSA) is 76.0 Å². The molecule has 1 spiro atoms. The maximum atomic E-state index is 11.0. The second-order valence-electron chi connectivity index (χ2n) is 5.10. The molecule has 0 aromatic heterocycles. The van der Waals surface area contributed by atoms with Crippen LogP contribution in [-0.4, -0.2) is 41.3 Å². The van der Waals surface area contributed by atoms with Crippen molar-refractivity contribution in [2.24, 2.45) is 5.41 Å². The molecule has 0 aromatic carbocycles. The number of carboxylic acid groups (broad SMARTS) is 1. The van der Waals surface area contributed by atoms with E-state index in [1.54, 1.807) is 6.92 Å². The Hall–Kier alpha value is -0.650. The maximum Gasteiger partial charge on any atom is 0.314 e. The van der Waals surface area contributed by atoms with E-state index in [4.69, 9.17) is 14.6 Å². The van der Waals surface area contributed by atoms with Crippen LogP contribution < -0.4 is 0 Å². The zero-order chi connectivity index (χ0) is 11.8. The number of hydrogen-bond acceptors (Lipinski definition) is 4. The van der Waals surface area contributed by atoms with Crippen molar-refractivity contribution in [1.29, 1.82) is 0 Å². The molecule has 5 nitrogen and oxygen atoms in total. The number of carboxylic acids is 1. The molecule has 2 fully saturated rings. The SMILES string of the molecule is CC1(C(=O)O)COC2(CCCC(O)C2)OC1. The molecule has 2 aliphatic rings. The van der Waals surface area contributed by atoms with Gasteiger partial charge in [-0.05, 0) is 19.8 Å². The van der Waals surface area contributed by atoms with Gasteiger partial charge in [0.05, 0.1) is 19.3 Å². The van der Waals surface area contributed by atoms with Crippen molar-refractivity contribution < 1.29 is 24.5 Å². The van der Waals surface area contributed by atoms with Gasteiger partial charge in [-0.25, -0.2) is 0 Å². The highest BCUT2D eigenvalue weighted by atomic mass is 16.7. The van der Waals surface area contributed by atoms with E-state index in [1.165, 1.54) is 0 Å². The molecule has 5 heteroatoms. The first-order chi connectivity index (χ1) is 7.46. The van der Waals surface area contributed by atoms with E-state index in [0.717, 1.165) is 19.3 Å². The number of carbonyl (C=O) groups is 1. The second kappa shape index (κ2) is 3.98. The number of ether oxygens (including phenoxy) is 2. The van der Waals surface area contributed by atoms with Gasteiger partial charge in [0.2, 0.25) is 0 Å². The van der Waals surface area contributed by atoms with Gasteiger partial charge in [0.25, 0.3) is 0 Å².